The van der Waals surface area contributed by atoms with Gasteiger partial charge in [0, 0.05) is 17.1 Å². The summed E-state index contributed by atoms with van der Waals surface area (Å²) in [5, 5.41) is 18.7. The molecule has 2 rings (SSSR count). The monoisotopic (exact) mass is 417 g/mol. The molecule has 26 heavy (non-hydrogen) atoms. The summed E-state index contributed by atoms with van der Waals surface area (Å²) in [7, 11) is 0. The molecular weight excluding hydrogens is 398 g/mol. The Morgan fingerprint density at radius 2 is 1.85 bits per heavy atom. The minimum absolute atomic E-state index is 0.488. The fraction of sp³-hybridized carbons (Fsp3) is 0.105. The first-order valence-corrected chi connectivity index (χ1v) is 8.67. The summed E-state index contributed by atoms with van der Waals surface area (Å²) in [5.74, 6) is -0.620. The van der Waals surface area contributed by atoms with Crippen LogP contribution in [-0.4, -0.2) is 22.8 Å². The van der Waals surface area contributed by atoms with Crippen molar-refractivity contribution < 1.29 is 15.1 Å². The third-order valence-electron chi connectivity index (χ3n) is 3.38. The Kier molecular flexibility index (Phi) is 8.20. The van der Waals surface area contributed by atoms with Crippen LogP contribution >= 0.6 is 15.9 Å². The molecule has 0 bridgehead atoms. The van der Waals surface area contributed by atoms with E-state index in [1.165, 1.54) is 17.6 Å². The van der Waals surface area contributed by atoms with Crippen LogP contribution in [0.15, 0.2) is 65.2 Å². The third kappa shape index (κ3) is 6.91. The maximum atomic E-state index is 11.0. The van der Waals surface area contributed by atoms with Gasteiger partial charge in [-0.1, -0.05) is 64.5 Å². The van der Waals surface area contributed by atoms with Crippen molar-refractivity contribution in [1.29, 1.82) is 0 Å². The van der Waals surface area contributed by atoms with Crippen LogP contribution in [0, 0.1) is 0 Å². The van der Waals surface area contributed by atoms with Crippen LogP contribution in [0.25, 0.3) is 12.2 Å². The van der Waals surface area contributed by atoms with E-state index >= 15 is 0 Å². The van der Waals surface area contributed by atoms with Gasteiger partial charge in [-0.2, -0.15) is 0 Å². The lowest BCUT2D eigenvalue weighted by molar-refractivity contribution is -0.124. The summed E-state index contributed by atoms with van der Waals surface area (Å²) < 4.78 is 0.926. The minimum Gasteiger partial charge on any atom is -0.373 e. The van der Waals surface area contributed by atoms with E-state index in [9.17, 15) is 9.90 Å². The molecule has 1 unspecified atom stereocenters. The molecule has 5 N–H and O–H groups in total. The number of hydroxylamine groups is 1. The third-order valence-corrected chi connectivity index (χ3v) is 3.89. The molecule has 0 saturated heterocycles. The van der Waals surface area contributed by atoms with Crippen LogP contribution in [0.1, 0.15) is 22.9 Å². The molecule has 0 aliphatic carbocycles. The van der Waals surface area contributed by atoms with Gasteiger partial charge in [0.2, 0.25) is 0 Å². The standard InChI is InChI=1S/C19H20BrN3O3/c20-17(12-14-5-2-1-3-6-14)13-21-22-19(25)16-8-4-7-15(11-16)9-10-18(24)23-26/h1-12,19,21-22,25-26H,13H2,(H,23,24)/b10-9+,17-12-. The van der Waals surface area contributed by atoms with Gasteiger partial charge >= 0.3 is 0 Å². The molecule has 0 radical (unpaired) electrons. The van der Waals surface area contributed by atoms with Crippen LogP contribution in [0.5, 0.6) is 0 Å². The summed E-state index contributed by atoms with van der Waals surface area (Å²) in [5.41, 5.74) is 9.71. The van der Waals surface area contributed by atoms with E-state index in [1.54, 1.807) is 24.3 Å². The Morgan fingerprint density at radius 1 is 1.12 bits per heavy atom. The van der Waals surface area contributed by atoms with Crippen molar-refractivity contribution in [3.05, 3.63) is 81.8 Å². The van der Waals surface area contributed by atoms with Crippen LogP contribution in [0.4, 0.5) is 0 Å². The van der Waals surface area contributed by atoms with Gasteiger partial charge in [-0.3, -0.25) is 15.4 Å². The van der Waals surface area contributed by atoms with Gasteiger partial charge in [0.1, 0.15) is 6.23 Å². The molecule has 0 aliphatic rings. The average Bonchev–Trinajstić information content (AvgIpc) is 2.67. The van der Waals surface area contributed by atoms with Crippen LogP contribution in [-0.2, 0) is 4.79 Å². The van der Waals surface area contributed by atoms with Crippen LogP contribution in [0.2, 0.25) is 0 Å². The highest BCUT2D eigenvalue weighted by atomic mass is 79.9. The van der Waals surface area contributed by atoms with Gasteiger partial charge in [-0.15, -0.1) is 0 Å². The molecular formula is C19H20BrN3O3. The van der Waals surface area contributed by atoms with Gasteiger partial charge in [0.15, 0.2) is 0 Å². The lowest BCUT2D eigenvalue weighted by Crippen LogP contribution is -2.36. The Bertz CT molecular complexity index is 779. The fourth-order valence-corrected chi connectivity index (χ4v) is 2.54. The van der Waals surface area contributed by atoms with E-state index in [0.717, 1.165) is 15.6 Å². The Labute approximate surface area is 160 Å². The first-order chi connectivity index (χ1) is 12.6. The summed E-state index contributed by atoms with van der Waals surface area (Å²) in [6, 6.07) is 16.9. The highest BCUT2D eigenvalue weighted by Crippen LogP contribution is 2.14. The predicted octanol–water partition coefficient (Wildman–Crippen LogP) is 2.73. The molecule has 2 aromatic rings. The van der Waals surface area contributed by atoms with Gasteiger partial charge in [0.05, 0.1) is 0 Å². The maximum Gasteiger partial charge on any atom is 0.267 e. The van der Waals surface area contributed by atoms with Crippen molar-refractivity contribution in [3.63, 3.8) is 0 Å². The number of benzene rings is 2. The van der Waals surface area contributed by atoms with Gasteiger partial charge in [-0.05, 0) is 34.9 Å². The zero-order valence-corrected chi connectivity index (χ0v) is 15.5. The Balaban J connectivity index is 1.87. The molecule has 0 fully saturated rings. The SMILES string of the molecule is O=C(/C=C/c1cccc(C(O)NNC/C(Br)=C/c2ccccc2)c1)NO. The van der Waals surface area contributed by atoms with Crippen molar-refractivity contribution in [2.45, 2.75) is 6.23 Å². The number of amides is 1. The van der Waals surface area contributed by atoms with E-state index in [2.05, 4.69) is 26.8 Å². The normalized spacial score (nSPS) is 13.0. The van der Waals surface area contributed by atoms with E-state index in [-0.39, 0.29) is 0 Å². The number of carbonyl (C=O) groups excluding carboxylic acids is 1. The van der Waals surface area contributed by atoms with Crippen molar-refractivity contribution in [2.24, 2.45) is 0 Å². The lowest BCUT2D eigenvalue weighted by Gasteiger charge is -2.14. The molecule has 0 aliphatic heterocycles. The predicted molar refractivity (Wildman–Crippen MR) is 105 cm³/mol. The number of hydrogen-bond donors (Lipinski definition) is 5. The van der Waals surface area contributed by atoms with Crippen molar-refractivity contribution in [2.75, 3.05) is 6.54 Å². The van der Waals surface area contributed by atoms with E-state index in [0.29, 0.717) is 12.1 Å². The van der Waals surface area contributed by atoms with Gasteiger partial charge in [-0.25, -0.2) is 10.9 Å². The average molecular weight is 418 g/mol. The second-order valence-corrected chi connectivity index (χ2v) is 6.40. The number of hydrogen-bond acceptors (Lipinski definition) is 5. The summed E-state index contributed by atoms with van der Waals surface area (Å²) in [6.45, 7) is 0.488. The van der Waals surface area contributed by atoms with Crippen molar-refractivity contribution in [3.8, 4) is 0 Å². The molecule has 0 aromatic heterocycles. The quantitative estimate of drug-likeness (QED) is 0.197. The number of carbonyl (C=O) groups is 1. The number of hydrazine groups is 1. The Morgan fingerprint density at radius 3 is 2.58 bits per heavy atom. The summed E-state index contributed by atoms with van der Waals surface area (Å²) in [4.78, 5) is 11.0. The number of halogens is 1. The number of aliphatic hydroxyl groups excluding tert-OH is 1. The molecule has 7 heteroatoms. The molecule has 0 heterocycles. The zero-order chi connectivity index (χ0) is 18.8. The van der Waals surface area contributed by atoms with Gasteiger partial charge in [0.25, 0.3) is 5.91 Å². The maximum absolute atomic E-state index is 11.0. The second kappa shape index (κ2) is 10.6. The molecule has 0 spiro atoms. The van der Waals surface area contributed by atoms with Gasteiger partial charge < -0.3 is 5.11 Å². The zero-order valence-electron chi connectivity index (χ0n) is 13.9. The molecule has 0 saturated carbocycles. The van der Waals surface area contributed by atoms with Crippen LogP contribution in [0.3, 0.4) is 0 Å². The van der Waals surface area contributed by atoms with E-state index in [4.69, 9.17) is 5.21 Å². The molecule has 6 nitrogen and oxygen atoms in total. The number of nitrogens with one attached hydrogen (secondary N) is 3. The smallest absolute Gasteiger partial charge is 0.267 e. The molecule has 1 amide bonds. The summed E-state index contributed by atoms with van der Waals surface area (Å²) >= 11 is 3.48. The summed E-state index contributed by atoms with van der Waals surface area (Å²) in [6.07, 6.45) is 3.79. The Hall–Kier alpha value is -2.29. The van der Waals surface area contributed by atoms with Crippen molar-refractivity contribution in [1.82, 2.24) is 16.3 Å². The molecule has 136 valence electrons. The van der Waals surface area contributed by atoms with Crippen LogP contribution < -0.4 is 16.3 Å². The first-order valence-electron chi connectivity index (χ1n) is 7.88. The number of aliphatic hydroxyl groups is 1. The largest absolute Gasteiger partial charge is 0.373 e. The second-order valence-electron chi connectivity index (χ2n) is 5.38. The fourth-order valence-electron chi connectivity index (χ4n) is 2.14. The van der Waals surface area contributed by atoms with E-state index < -0.39 is 12.1 Å². The highest BCUT2D eigenvalue weighted by molar-refractivity contribution is 9.11. The topological polar surface area (TPSA) is 93.6 Å². The van der Waals surface area contributed by atoms with E-state index in [1.807, 2.05) is 36.4 Å². The lowest BCUT2D eigenvalue weighted by atomic mass is 10.1. The minimum atomic E-state index is -0.924. The molecule has 1 atom stereocenters. The van der Waals surface area contributed by atoms with Crippen molar-refractivity contribution >= 4 is 34.0 Å². The first kappa shape index (κ1) is 20.0. The molecule has 2 aromatic carbocycles. The highest BCUT2D eigenvalue weighted by Gasteiger charge is 2.06. The number of rotatable bonds is 8.